The van der Waals surface area contributed by atoms with Crippen LogP contribution in [-0.2, 0) is 32.3 Å². The Balaban J connectivity index is 1.67. The van der Waals surface area contributed by atoms with Crippen LogP contribution in [0, 0.1) is 0 Å². The van der Waals surface area contributed by atoms with Crippen LogP contribution in [0.3, 0.4) is 0 Å². The van der Waals surface area contributed by atoms with E-state index in [1.54, 1.807) is 13.8 Å². The summed E-state index contributed by atoms with van der Waals surface area (Å²) in [4.78, 5) is 56.6. The summed E-state index contributed by atoms with van der Waals surface area (Å²) in [6.45, 7) is 7.16. The maximum Gasteiger partial charge on any atom is 0.330 e. The molecular weight excluding hydrogens is 518 g/mol. The molecule has 0 aromatic heterocycles. The number of esters is 1. The van der Waals surface area contributed by atoms with Crippen LogP contribution in [0.4, 0.5) is 4.79 Å². The number of hydrogen-bond acceptors (Lipinski definition) is 6. The summed E-state index contributed by atoms with van der Waals surface area (Å²) in [5, 5.41) is 12.8. The lowest BCUT2D eigenvalue weighted by Gasteiger charge is -2.51. The van der Waals surface area contributed by atoms with Crippen molar-refractivity contribution in [1.29, 1.82) is 0 Å². The fourth-order valence-corrected chi connectivity index (χ4v) is 9.80. The highest BCUT2D eigenvalue weighted by Crippen LogP contribution is 2.74. The molecule has 2 saturated heterocycles. The lowest BCUT2D eigenvalue weighted by molar-refractivity contribution is -0.162. The number of β-lactam (4-membered cyclic amide) rings is 1. The molecule has 0 bridgehead atoms. The minimum Gasteiger partial charge on any atom is -0.459 e. The van der Waals surface area contributed by atoms with Gasteiger partial charge in [-0.15, -0.1) is 10.0 Å². The minimum absolute atomic E-state index is 0.0316. The number of carbonyl (C=O) groups is 4. The van der Waals surface area contributed by atoms with Crippen molar-refractivity contribution in [1.82, 2.24) is 15.1 Å². The number of amides is 3. The fraction of sp³-hybridized carbons (Fsp3) is 0.448. The summed E-state index contributed by atoms with van der Waals surface area (Å²) in [5.41, 5.74) is 1.63. The zero-order chi connectivity index (χ0) is 28.4. The Bertz CT molecular complexity index is 1220. The Morgan fingerprint density at radius 1 is 1.08 bits per heavy atom. The molecule has 2 aromatic rings. The van der Waals surface area contributed by atoms with Gasteiger partial charge in [0, 0.05) is 17.3 Å². The molecule has 2 aliphatic rings. The molecule has 210 valence electrons. The van der Waals surface area contributed by atoms with E-state index in [9.17, 15) is 24.3 Å². The Hall–Kier alpha value is -3.37. The smallest absolute Gasteiger partial charge is 0.330 e. The van der Waals surface area contributed by atoms with E-state index in [4.69, 9.17) is 4.74 Å². The average molecular weight is 556 g/mol. The van der Waals surface area contributed by atoms with Gasteiger partial charge in [-0.3, -0.25) is 14.4 Å². The zero-order valence-electron chi connectivity index (χ0n) is 22.8. The summed E-state index contributed by atoms with van der Waals surface area (Å²) >= 11 is 0. The second-order valence-electron chi connectivity index (χ2n) is 10.8. The molecule has 0 spiro atoms. The van der Waals surface area contributed by atoms with E-state index in [1.165, 1.54) is 9.80 Å². The highest BCUT2D eigenvalue weighted by molar-refractivity contribution is 8.46. The molecule has 2 aromatic carbocycles. The second kappa shape index (κ2) is 11.4. The molecule has 3 atom stereocenters. The molecular formula is C29H37N3O6S. The van der Waals surface area contributed by atoms with Crippen LogP contribution in [0.2, 0.25) is 0 Å². The molecule has 0 saturated carbocycles. The quantitative estimate of drug-likeness (QED) is 0.362. The third-order valence-electron chi connectivity index (χ3n) is 7.51. The molecule has 0 aliphatic carbocycles. The number of rotatable bonds is 9. The van der Waals surface area contributed by atoms with Gasteiger partial charge in [-0.2, -0.15) is 0 Å². The number of aliphatic hydroxyl groups is 1. The molecule has 3 amide bonds. The van der Waals surface area contributed by atoms with Crippen LogP contribution in [0.15, 0.2) is 60.7 Å². The van der Waals surface area contributed by atoms with Crippen molar-refractivity contribution in [2.24, 2.45) is 0 Å². The average Bonchev–Trinajstić information content (AvgIpc) is 3.06. The first-order valence-corrected chi connectivity index (χ1v) is 14.9. The summed E-state index contributed by atoms with van der Waals surface area (Å²) in [6.07, 6.45) is 0.0604. The van der Waals surface area contributed by atoms with Gasteiger partial charge in [0.25, 0.3) is 5.24 Å². The number of benzene rings is 2. The van der Waals surface area contributed by atoms with Crippen LogP contribution in [0.5, 0.6) is 0 Å². The Morgan fingerprint density at radius 2 is 1.67 bits per heavy atom. The van der Waals surface area contributed by atoms with E-state index >= 15 is 0 Å². The third-order valence-corrected chi connectivity index (χ3v) is 12.2. The first kappa shape index (κ1) is 28.6. The van der Waals surface area contributed by atoms with E-state index in [1.807, 2.05) is 74.5 Å². The fourth-order valence-electron chi connectivity index (χ4n) is 5.55. The van der Waals surface area contributed by atoms with E-state index < -0.39 is 43.3 Å². The molecule has 2 heterocycles. The maximum atomic E-state index is 14.5. The normalized spacial score (nSPS) is 23.1. The zero-order valence-corrected chi connectivity index (χ0v) is 23.6. The molecule has 0 unspecified atom stereocenters. The van der Waals surface area contributed by atoms with Crippen molar-refractivity contribution in [3.63, 3.8) is 0 Å². The van der Waals surface area contributed by atoms with Crippen LogP contribution in [-0.4, -0.2) is 72.6 Å². The van der Waals surface area contributed by atoms with Crippen LogP contribution in [0.25, 0.3) is 0 Å². The lowest BCUT2D eigenvalue weighted by Crippen LogP contribution is -2.57. The highest BCUT2D eigenvalue weighted by atomic mass is 32.3. The van der Waals surface area contributed by atoms with Crippen molar-refractivity contribution >= 4 is 33.1 Å². The van der Waals surface area contributed by atoms with Gasteiger partial charge < -0.3 is 25.0 Å². The van der Waals surface area contributed by atoms with E-state index in [0.717, 1.165) is 11.1 Å². The van der Waals surface area contributed by atoms with Crippen molar-refractivity contribution in [2.45, 2.75) is 69.5 Å². The summed E-state index contributed by atoms with van der Waals surface area (Å²) in [5.74, 6) is -1.69. The molecule has 2 fully saturated rings. The van der Waals surface area contributed by atoms with Gasteiger partial charge in [-0.1, -0.05) is 60.7 Å². The van der Waals surface area contributed by atoms with Crippen LogP contribution < -0.4 is 5.32 Å². The minimum atomic E-state index is -2.73. The van der Waals surface area contributed by atoms with Gasteiger partial charge in [0.2, 0.25) is 11.8 Å². The number of hydrogen-bond donors (Lipinski definition) is 2. The Kier molecular flexibility index (Phi) is 8.37. The first-order chi connectivity index (χ1) is 18.5. The topological polar surface area (TPSA) is 116 Å². The van der Waals surface area contributed by atoms with E-state index in [-0.39, 0.29) is 44.0 Å². The Morgan fingerprint density at radius 3 is 2.21 bits per heavy atom. The SMILES string of the molecule is CC(C)NC(=O)CN(Cc1ccccc1)C(=O)[S@]1(CO)[C@@H]2CC(=O)N2[C@@H](C(=O)OCc2ccccc2)C1(C)C. The molecule has 4 rings (SSSR count). The molecule has 9 nitrogen and oxygen atoms in total. The standard InChI is InChI=1S/C29H37N3O6S/c1-20(2)30-23(34)17-31(16-21-11-7-5-8-12-21)28(37)39(19-33)25-15-24(35)32(25)26(29(39,3)4)27(36)38-18-22-13-9-6-10-14-22/h5-14,20,25-26,33H,15-19H2,1-4H3,(H,30,34)/t25-,26+/m1/s1. The van der Waals surface area contributed by atoms with Gasteiger partial charge in [0.05, 0.1) is 17.7 Å². The van der Waals surface area contributed by atoms with Crippen molar-refractivity contribution in [3.8, 4) is 0 Å². The van der Waals surface area contributed by atoms with Gasteiger partial charge >= 0.3 is 5.97 Å². The molecule has 0 radical (unpaired) electrons. The number of aliphatic hydroxyl groups excluding tert-OH is 1. The molecule has 2 aliphatic heterocycles. The van der Waals surface area contributed by atoms with Gasteiger partial charge in [-0.05, 0) is 38.8 Å². The second-order valence-corrected chi connectivity index (χ2v) is 14.6. The van der Waals surface area contributed by atoms with Gasteiger partial charge in [0.15, 0.2) is 0 Å². The lowest BCUT2D eigenvalue weighted by atomic mass is 9.98. The number of carbonyl (C=O) groups excluding carboxylic acids is 4. The van der Waals surface area contributed by atoms with E-state index in [2.05, 4.69) is 5.32 Å². The summed E-state index contributed by atoms with van der Waals surface area (Å²) in [7, 11) is -2.73. The molecule has 2 N–H and O–H groups in total. The van der Waals surface area contributed by atoms with Crippen LogP contribution >= 0.6 is 10.0 Å². The molecule has 39 heavy (non-hydrogen) atoms. The monoisotopic (exact) mass is 555 g/mol. The van der Waals surface area contributed by atoms with Crippen LogP contribution in [0.1, 0.15) is 45.2 Å². The largest absolute Gasteiger partial charge is 0.459 e. The number of nitrogens with one attached hydrogen (secondary N) is 1. The van der Waals surface area contributed by atoms with Crippen molar-refractivity contribution in [2.75, 3.05) is 12.5 Å². The maximum absolute atomic E-state index is 14.5. The summed E-state index contributed by atoms with van der Waals surface area (Å²) in [6, 6.07) is 17.4. The summed E-state index contributed by atoms with van der Waals surface area (Å²) < 4.78 is 4.54. The number of nitrogens with zero attached hydrogens (tertiary/aromatic N) is 2. The Labute approximate surface area is 230 Å². The first-order valence-electron chi connectivity index (χ1n) is 13.1. The van der Waals surface area contributed by atoms with Gasteiger partial charge in [-0.25, -0.2) is 4.79 Å². The number of ether oxygens (including phenoxy) is 1. The van der Waals surface area contributed by atoms with Gasteiger partial charge in [0.1, 0.15) is 19.2 Å². The predicted molar refractivity (Wildman–Crippen MR) is 150 cm³/mol. The highest BCUT2D eigenvalue weighted by Gasteiger charge is 2.72. The van der Waals surface area contributed by atoms with E-state index in [0.29, 0.717) is 0 Å². The van der Waals surface area contributed by atoms with Crippen molar-refractivity contribution in [3.05, 3.63) is 71.8 Å². The predicted octanol–water partition coefficient (Wildman–Crippen LogP) is 3.35. The van der Waals surface area contributed by atoms with Crippen molar-refractivity contribution < 1.29 is 29.0 Å². The number of fused-ring (bicyclic) bond motifs is 1. The third kappa shape index (κ3) is 5.27. The molecule has 10 heteroatoms.